The van der Waals surface area contributed by atoms with E-state index in [9.17, 15) is 4.79 Å². The van der Waals surface area contributed by atoms with Gasteiger partial charge in [0, 0.05) is 0 Å². The fraction of sp³-hybridized carbons (Fsp3) is 0.889. The molecule has 0 radical (unpaired) electrons. The molecule has 0 bridgehead atoms. The van der Waals surface area contributed by atoms with Crippen molar-refractivity contribution in [1.29, 1.82) is 0 Å². The van der Waals surface area contributed by atoms with E-state index < -0.39 is 6.04 Å². The third kappa shape index (κ3) is 5.47. The Labute approximate surface area is 89.6 Å². The fourth-order valence-electron chi connectivity index (χ4n) is 0.961. The highest BCUT2D eigenvalue weighted by molar-refractivity contribution is 7.98. The number of carbonyl (C=O) groups excluding carboxylic acids is 1. The van der Waals surface area contributed by atoms with Crippen molar-refractivity contribution in [3.8, 4) is 0 Å². The highest BCUT2D eigenvalue weighted by Crippen LogP contribution is 1.99. The first-order valence-electron chi connectivity index (χ1n) is 4.81. The van der Waals surface area contributed by atoms with Crippen LogP contribution in [-0.4, -0.2) is 41.7 Å². The van der Waals surface area contributed by atoms with E-state index in [-0.39, 0.29) is 18.6 Å². The van der Waals surface area contributed by atoms with E-state index in [1.807, 2.05) is 13.2 Å². The quantitative estimate of drug-likeness (QED) is 0.562. The number of thioether (sulfide) groups is 1. The van der Waals surface area contributed by atoms with Crippen LogP contribution in [-0.2, 0) is 4.79 Å². The molecule has 0 aromatic carbocycles. The lowest BCUT2D eigenvalue weighted by Crippen LogP contribution is -2.46. The Morgan fingerprint density at radius 2 is 2.29 bits per heavy atom. The molecular formula is C9H20N2O2S. The van der Waals surface area contributed by atoms with Gasteiger partial charge in [0.15, 0.2) is 0 Å². The summed E-state index contributed by atoms with van der Waals surface area (Å²) in [7, 11) is 0. The molecule has 0 fully saturated rings. The van der Waals surface area contributed by atoms with Crippen molar-refractivity contribution in [3.05, 3.63) is 0 Å². The Morgan fingerprint density at radius 3 is 2.71 bits per heavy atom. The zero-order valence-corrected chi connectivity index (χ0v) is 9.64. The van der Waals surface area contributed by atoms with E-state index in [4.69, 9.17) is 10.8 Å². The summed E-state index contributed by atoms with van der Waals surface area (Å²) in [5, 5.41) is 11.6. The van der Waals surface area contributed by atoms with Gasteiger partial charge in [-0.1, -0.05) is 6.92 Å². The molecule has 4 N–H and O–H groups in total. The van der Waals surface area contributed by atoms with Crippen LogP contribution in [0.1, 0.15) is 19.8 Å². The molecule has 2 atom stereocenters. The zero-order valence-electron chi connectivity index (χ0n) is 8.82. The topological polar surface area (TPSA) is 75.3 Å². The summed E-state index contributed by atoms with van der Waals surface area (Å²) in [6.07, 6.45) is 3.37. The van der Waals surface area contributed by atoms with E-state index >= 15 is 0 Å². The molecule has 0 aliphatic carbocycles. The first-order chi connectivity index (χ1) is 6.65. The van der Waals surface area contributed by atoms with Gasteiger partial charge in [-0.15, -0.1) is 0 Å². The molecule has 0 aromatic heterocycles. The summed E-state index contributed by atoms with van der Waals surface area (Å²) in [4.78, 5) is 11.4. The molecule has 5 heteroatoms. The van der Waals surface area contributed by atoms with Crippen LogP contribution < -0.4 is 11.1 Å². The number of hydrogen-bond donors (Lipinski definition) is 3. The van der Waals surface area contributed by atoms with Crippen molar-refractivity contribution in [2.75, 3.05) is 18.6 Å². The number of amides is 1. The van der Waals surface area contributed by atoms with Gasteiger partial charge >= 0.3 is 0 Å². The van der Waals surface area contributed by atoms with Crippen molar-refractivity contribution < 1.29 is 9.90 Å². The maximum atomic E-state index is 11.4. The molecule has 0 saturated heterocycles. The second kappa shape index (κ2) is 8.08. The molecule has 1 amide bonds. The summed E-state index contributed by atoms with van der Waals surface area (Å²) in [6, 6.07) is -0.620. The first kappa shape index (κ1) is 13.7. The van der Waals surface area contributed by atoms with Crippen molar-refractivity contribution in [1.82, 2.24) is 5.32 Å². The molecule has 0 saturated carbocycles. The zero-order chi connectivity index (χ0) is 11.0. The number of aliphatic hydroxyl groups excluding tert-OH is 1. The van der Waals surface area contributed by atoms with Gasteiger partial charge in [-0.2, -0.15) is 11.8 Å². The van der Waals surface area contributed by atoms with Crippen LogP contribution in [0.4, 0.5) is 0 Å². The highest BCUT2D eigenvalue weighted by atomic mass is 32.2. The normalized spacial score (nSPS) is 14.9. The van der Waals surface area contributed by atoms with E-state index in [0.717, 1.165) is 12.2 Å². The van der Waals surface area contributed by atoms with Gasteiger partial charge in [0.2, 0.25) is 5.91 Å². The van der Waals surface area contributed by atoms with E-state index in [1.165, 1.54) is 0 Å². The average molecular weight is 220 g/mol. The molecule has 4 nitrogen and oxygen atoms in total. The predicted molar refractivity (Wildman–Crippen MR) is 60.3 cm³/mol. The number of rotatable bonds is 7. The molecule has 0 aliphatic rings. The molecule has 0 spiro atoms. The molecular weight excluding hydrogens is 200 g/mol. The van der Waals surface area contributed by atoms with Crippen molar-refractivity contribution in [2.24, 2.45) is 5.73 Å². The van der Waals surface area contributed by atoms with Gasteiger partial charge in [0.1, 0.15) is 0 Å². The standard InChI is InChI=1S/C9H20N2O2S/c1-3-7(6-12)11-9(13)8(10)4-5-14-2/h7-8,12H,3-6,10H2,1-2H3,(H,11,13)/t7-,8+/m1/s1. The third-order valence-electron chi connectivity index (χ3n) is 2.03. The second-order valence-electron chi connectivity index (χ2n) is 3.18. The lowest BCUT2D eigenvalue weighted by molar-refractivity contribution is -0.123. The summed E-state index contributed by atoms with van der Waals surface area (Å²) < 4.78 is 0. The van der Waals surface area contributed by atoms with Crippen LogP contribution in [0, 0.1) is 0 Å². The molecule has 14 heavy (non-hydrogen) atoms. The molecule has 0 aliphatic heterocycles. The minimum Gasteiger partial charge on any atom is -0.394 e. The van der Waals surface area contributed by atoms with Crippen molar-refractivity contribution >= 4 is 17.7 Å². The lowest BCUT2D eigenvalue weighted by Gasteiger charge is -2.17. The van der Waals surface area contributed by atoms with Gasteiger partial charge in [0.05, 0.1) is 18.7 Å². The van der Waals surface area contributed by atoms with Gasteiger partial charge < -0.3 is 16.2 Å². The third-order valence-corrected chi connectivity index (χ3v) is 2.67. The van der Waals surface area contributed by atoms with Crippen LogP contribution in [0.25, 0.3) is 0 Å². The van der Waals surface area contributed by atoms with Gasteiger partial charge in [0.25, 0.3) is 0 Å². The highest BCUT2D eigenvalue weighted by Gasteiger charge is 2.15. The summed E-state index contributed by atoms with van der Waals surface area (Å²) in [5.41, 5.74) is 5.65. The molecule has 0 aromatic rings. The Balaban J connectivity index is 3.81. The van der Waals surface area contributed by atoms with E-state index in [1.54, 1.807) is 11.8 Å². The number of nitrogens with two attached hydrogens (primary N) is 1. The largest absolute Gasteiger partial charge is 0.394 e. The Bertz CT molecular complexity index is 163. The molecule has 0 unspecified atom stereocenters. The smallest absolute Gasteiger partial charge is 0.237 e. The second-order valence-corrected chi connectivity index (χ2v) is 4.17. The minimum atomic E-state index is -0.456. The number of hydrogen-bond acceptors (Lipinski definition) is 4. The fourth-order valence-corrected chi connectivity index (χ4v) is 1.45. The SMILES string of the molecule is CC[C@H](CO)NC(=O)[C@@H](N)CCSC. The van der Waals surface area contributed by atoms with E-state index in [0.29, 0.717) is 6.42 Å². The average Bonchev–Trinajstić information content (AvgIpc) is 2.21. The monoisotopic (exact) mass is 220 g/mol. The van der Waals surface area contributed by atoms with E-state index in [2.05, 4.69) is 5.32 Å². The minimum absolute atomic E-state index is 0.0303. The van der Waals surface area contributed by atoms with Crippen molar-refractivity contribution in [2.45, 2.75) is 31.8 Å². The number of carbonyl (C=O) groups is 1. The van der Waals surface area contributed by atoms with Crippen LogP contribution in [0.3, 0.4) is 0 Å². The maximum absolute atomic E-state index is 11.4. The van der Waals surface area contributed by atoms with Crippen LogP contribution in [0.5, 0.6) is 0 Å². The summed E-state index contributed by atoms with van der Waals surface area (Å²) in [6.45, 7) is 1.88. The van der Waals surface area contributed by atoms with Crippen LogP contribution >= 0.6 is 11.8 Å². The number of nitrogens with one attached hydrogen (secondary N) is 1. The molecule has 0 rings (SSSR count). The molecule has 84 valence electrons. The Kier molecular flexibility index (Phi) is 7.93. The van der Waals surface area contributed by atoms with Crippen LogP contribution in [0.2, 0.25) is 0 Å². The summed E-state index contributed by atoms with van der Waals surface area (Å²) in [5.74, 6) is 0.713. The Hall–Kier alpha value is -0.260. The van der Waals surface area contributed by atoms with Crippen LogP contribution in [0.15, 0.2) is 0 Å². The molecule has 0 heterocycles. The Morgan fingerprint density at radius 1 is 1.64 bits per heavy atom. The first-order valence-corrected chi connectivity index (χ1v) is 6.20. The number of aliphatic hydroxyl groups is 1. The van der Waals surface area contributed by atoms with Gasteiger partial charge in [-0.25, -0.2) is 0 Å². The predicted octanol–water partition coefficient (Wildman–Crippen LogP) is -0.0461. The van der Waals surface area contributed by atoms with Gasteiger partial charge in [-0.3, -0.25) is 4.79 Å². The van der Waals surface area contributed by atoms with Crippen molar-refractivity contribution in [3.63, 3.8) is 0 Å². The maximum Gasteiger partial charge on any atom is 0.237 e. The summed E-state index contributed by atoms with van der Waals surface area (Å²) >= 11 is 1.67. The lowest BCUT2D eigenvalue weighted by atomic mass is 10.2. The van der Waals surface area contributed by atoms with Gasteiger partial charge in [-0.05, 0) is 24.9 Å².